The van der Waals surface area contributed by atoms with E-state index >= 15 is 0 Å². The molecule has 3 rings (SSSR count). The minimum atomic E-state index is -4.12. The summed E-state index contributed by atoms with van der Waals surface area (Å²) in [7, 11) is 10.3. The van der Waals surface area contributed by atoms with Gasteiger partial charge in [-0.2, -0.15) is 0 Å². The van der Waals surface area contributed by atoms with Gasteiger partial charge in [0.2, 0.25) is 0 Å². The zero-order valence-corrected chi connectivity index (χ0v) is 20.1. The summed E-state index contributed by atoms with van der Waals surface area (Å²) in [6.07, 6.45) is 2.59. The Labute approximate surface area is 194 Å². The van der Waals surface area contributed by atoms with Gasteiger partial charge in [0.25, 0.3) is 0 Å². The first kappa shape index (κ1) is 26.5. The summed E-state index contributed by atoms with van der Waals surface area (Å²) in [5, 5.41) is 0. The Kier molecular flexibility index (Phi) is 9.92. The third-order valence-electron chi connectivity index (χ3n) is 5.37. The van der Waals surface area contributed by atoms with E-state index in [0.717, 1.165) is 4.34 Å². The summed E-state index contributed by atoms with van der Waals surface area (Å²) in [6.45, 7) is 3.57. The van der Waals surface area contributed by atoms with Crippen LogP contribution in [0.5, 0.6) is 0 Å². The summed E-state index contributed by atoms with van der Waals surface area (Å²) >= 11 is 0. The maximum atomic E-state index is 12.6. The summed E-state index contributed by atoms with van der Waals surface area (Å²) in [4.78, 5) is 14.2. The summed E-state index contributed by atoms with van der Waals surface area (Å²) in [5.74, 6) is 0.368. The van der Waals surface area contributed by atoms with Crippen LogP contribution >= 0.6 is 16.1 Å². The zero-order valence-electron chi connectivity index (χ0n) is 18.4. The predicted octanol–water partition coefficient (Wildman–Crippen LogP) is 0.321. The van der Waals surface area contributed by atoms with Crippen LogP contribution < -0.4 is 0 Å². The van der Waals surface area contributed by atoms with Crippen LogP contribution in [0.25, 0.3) is 0 Å². The number of ether oxygens (including phenoxy) is 3. The van der Waals surface area contributed by atoms with Gasteiger partial charge < -0.3 is 28.2 Å². The SMILES string of the molecule is [B][B]C1CC(OC)C(COP(C)OC2CC([B][B])OC2COP(=O)(O)n2ccnc2C)O1. The van der Waals surface area contributed by atoms with E-state index in [4.69, 9.17) is 43.3 Å². The third-order valence-corrected chi connectivity index (χ3v) is 7.91. The lowest BCUT2D eigenvalue weighted by Gasteiger charge is -2.25. The highest BCUT2D eigenvalue weighted by molar-refractivity contribution is 7.51. The Morgan fingerprint density at radius 1 is 1.25 bits per heavy atom. The smallest absolute Gasteiger partial charge is 0.380 e. The molecule has 0 aliphatic carbocycles. The van der Waals surface area contributed by atoms with Crippen molar-refractivity contribution < 1.29 is 37.2 Å². The Morgan fingerprint density at radius 2 is 1.88 bits per heavy atom. The van der Waals surface area contributed by atoms with E-state index in [9.17, 15) is 9.46 Å². The first-order chi connectivity index (χ1) is 15.3. The zero-order chi connectivity index (χ0) is 23.3. The fraction of sp³-hybridized carbons (Fsp3) is 0.812. The van der Waals surface area contributed by atoms with Crippen molar-refractivity contribution in [1.29, 1.82) is 0 Å². The number of methoxy groups -OCH3 is 1. The number of hydrogen-bond donors (Lipinski definition) is 1. The van der Waals surface area contributed by atoms with Gasteiger partial charge in [-0.1, -0.05) is 0 Å². The molecule has 2 fully saturated rings. The molecule has 1 aromatic rings. The molecule has 8 atom stereocenters. The van der Waals surface area contributed by atoms with Crippen molar-refractivity contribution >= 4 is 45.9 Å². The van der Waals surface area contributed by atoms with Gasteiger partial charge in [-0.15, -0.1) is 0 Å². The van der Waals surface area contributed by atoms with Crippen molar-refractivity contribution in [1.82, 2.24) is 9.32 Å². The molecule has 3 heterocycles. The van der Waals surface area contributed by atoms with Gasteiger partial charge >= 0.3 is 7.75 Å². The maximum absolute atomic E-state index is 12.6. The van der Waals surface area contributed by atoms with Crippen molar-refractivity contribution in [3.8, 4) is 0 Å². The number of nitrogens with zero attached hydrogens (tertiary/aromatic N) is 2. The van der Waals surface area contributed by atoms with Crippen molar-refractivity contribution in [3.63, 3.8) is 0 Å². The minimum absolute atomic E-state index is 0.110. The van der Waals surface area contributed by atoms with E-state index < -0.39 is 28.3 Å². The largest absolute Gasteiger partial charge is 0.437 e. The van der Waals surface area contributed by atoms with E-state index in [-0.39, 0.29) is 37.4 Å². The van der Waals surface area contributed by atoms with Crippen LogP contribution in [0.3, 0.4) is 0 Å². The minimum Gasteiger partial charge on any atom is -0.380 e. The summed E-state index contributed by atoms with van der Waals surface area (Å²) in [5.41, 5.74) is 0. The lowest BCUT2D eigenvalue weighted by atomic mass is 9.51. The van der Waals surface area contributed by atoms with Gasteiger partial charge in [0, 0.05) is 53.6 Å². The molecular weight excluding hydrogens is 453 g/mol. The highest BCUT2D eigenvalue weighted by Gasteiger charge is 2.39. The highest BCUT2D eigenvalue weighted by atomic mass is 31.2. The normalized spacial score (nSPS) is 33.1. The number of hydrogen-bond acceptors (Lipinski definition) is 8. The molecule has 1 aromatic heterocycles. The quantitative estimate of drug-likeness (QED) is 0.335. The molecule has 2 aliphatic rings. The highest BCUT2D eigenvalue weighted by Crippen LogP contribution is 2.46. The number of aryl methyl sites for hydroxylation is 1. The van der Waals surface area contributed by atoms with E-state index in [0.29, 0.717) is 18.7 Å². The van der Waals surface area contributed by atoms with Crippen molar-refractivity contribution in [2.45, 2.75) is 56.2 Å². The Morgan fingerprint density at radius 3 is 2.44 bits per heavy atom. The van der Waals surface area contributed by atoms with Gasteiger partial charge in [-0.05, 0) is 19.8 Å². The van der Waals surface area contributed by atoms with Crippen LogP contribution in [0.4, 0.5) is 0 Å². The fourth-order valence-electron chi connectivity index (χ4n) is 3.67. The molecule has 0 spiro atoms. The first-order valence-corrected chi connectivity index (χ1v) is 13.4. The number of rotatable bonds is 12. The van der Waals surface area contributed by atoms with E-state index in [1.165, 1.54) is 26.7 Å². The number of imidazole rings is 1. The summed E-state index contributed by atoms with van der Waals surface area (Å²) < 4.78 is 48.0. The third kappa shape index (κ3) is 6.71. The second-order valence-corrected chi connectivity index (χ2v) is 10.6. The molecule has 10 nitrogen and oxygen atoms in total. The molecule has 170 valence electrons. The van der Waals surface area contributed by atoms with Gasteiger partial charge in [0.1, 0.15) is 18.0 Å². The molecule has 1 N–H and O–H groups in total. The first-order valence-electron chi connectivity index (χ1n) is 10.2. The molecule has 2 saturated heterocycles. The Hall–Kier alpha value is -0.150. The molecule has 2 aliphatic heterocycles. The maximum Gasteiger partial charge on any atom is 0.437 e. The van der Waals surface area contributed by atoms with Gasteiger partial charge in [0.05, 0.1) is 39.8 Å². The van der Waals surface area contributed by atoms with Crippen LogP contribution in [0.1, 0.15) is 18.7 Å². The molecular formula is C16H26B4N2O8P2. The van der Waals surface area contributed by atoms with E-state index in [1.54, 1.807) is 14.0 Å². The Balaban J connectivity index is 1.52. The van der Waals surface area contributed by atoms with Gasteiger partial charge in [-0.3, -0.25) is 4.52 Å². The molecule has 0 saturated carbocycles. The molecule has 8 unspecified atom stereocenters. The standard InChI is InChI=1S/C16H26B4N2O8P2/c1-10-21-4-5-22(10)32(23,24)27-9-14-12(7-16(20-18)29-14)30-31(3)26-8-13-11(25-2)6-15(19-17)28-13/h4-5,11-16H,6-9H2,1-3H3,(H,23,24). The monoisotopic (exact) mass is 480 g/mol. The molecule has 6 radical (unpaired) electrons. The predicted molar refractivity (Wildman–Crippen MR) is 122 cm³/mol. The van der Waals surface area contributed by atoms with Gasteiger partial charge in [-0.25, -0.2) is 13.9 Å². The van der Waals surface area contributed by atoms with Crippen LogP contribution in [0.2, 0.25) is 0 Å². The van der Waals surface area contributed by atoms with E-state index in [1.807, 2.05) is 6.66 Å². The summed E-state index contributed by atoms with van der Waals surface area (Å²) in [6, 6.07) is -0.529. The second-order valence-electron chi connectivity index (χ2n) is 7.54. The average Bonchev–Trinajstić information content (AvgIpc) is 3.48. The van der Waals surface area contributed by atoms with Crippen LogP contribution in [0, 0.1) is 6.92 Å². The molecule has 32 heavy (non-hydrogen) atoms. The molecule has 0 aromatic carbocycles. The molecule has 16 heteroatoms. The lowest BCUT2D eigenvalue weighted by molar-refractivity contribution is -0.0201. The average molecular weight is 480 g/mol. The molecule has 0 bridgehead atoms. The van der Waals surface area contributed by atoms with E-state index in [2.05, 4.69) is 4.98 Å². The topological polar surface area (TPSA) is 110 Å². The lowest BCUT2D eigenvalue weighted by Crippen LogP contribution is -2.30. The van der Waals surface area contributed by atoms with Crippen molar-refractivity contribution in [3.05, 3.63) is 18.2 Å². The fourth-order valence-corrected chi connectivity index (χ4v) is 5.80. The second kappa shape index (κ2) is 12.0. The van der Waals surface area contributed by atoms with Crippen molar-refractivity contribution in [2.24, 2.45) is 0 Å². The number of aromatic nitrogens is 2. The van der Waals surface area contributed by atoms with Crippen LogP contribution in [-0.4, -0.2) is 107 Å². The van der Waals surface area contributed by atoms with Crippen LogP contribution in [0.15, 0.2) is 12.4 Å². The van der Waals surface area contributed by atoms with Gasteiger partial charge in [0.15, 0.2) is 8.38 Å². The Bertz CT molecular complexity index is 780. The molecule has 0 amide bonds. The van der Waals surface area contributed by atoms with Crippen molar-refractivity contribution in [2.75, 3.05) is 27.0 Å². The van der Waals surface area contributed by atoms with Crippen LogP contribution in [-0.2, 0) is 32.3 Å².